The van der Waals surface area contributed by atoms with Crippen LogP contribution in [0.25, 0.3) is 0 Å². The lowest BCUT2D eigenvalue weighted by atomic mass is 9.75. The zero-order valence-corrected chi connectivity index (χ0v) is 16.3. The van der Waals surface area contributed by atoms with Crippen LogP contribution in [0, 0.1) is 11.3 Å². The van der Waals surface area contributed by atoms with Crippen molar-refractivity contribution in [2.75, 3.05) is 13.2 Å². The molecule has 0 heterocycles. The van der Waals surface area contributed by atoms with Crippen molar-refractivity contribution in [2.24, 2.45) is 11.3 Å². The van der Waals surface area contributed by atoms with Gasteiger partial charge in [0.15, 0.2) is 11.4 Å². The molecule has 0 radical (unpaired) electrons. The van der Waals surface area contributed by atoms with E-state index in [-0.39, 0.29) is 48.6 Å². The Kier molecular flexibility index (Phi) is 4.86. The molecule has 0 aliphatic heterocycles. The van der Waals surface area contributed by atoms with Crippen LogP contribution in [0.15, 0.2) is 22.9 Å². The highest BCUT2D eigenvalue weighted by atomic mass is 16.5. The molecule has 0 bridgehead atoms. The topological polar surface area (TPSA) is 85.2 Å². The van der Waals surface area contributed by atoms with Crippen LogP contribution in [0.5, 0.6) is 0 Å². The first-order chi connectivity index (χ1) is 12.2. The molecule has 3 atom stereocenters. The summed E-state index contributed by atoms with van der Waals surface area (Å²) in [7, 11) is 0. The van der Waals surface area contributed by atoms with Crippen LogP contribution >= 0.6 is 0 Å². The molecule has 1 fully saturated rings. The fraction of sp³-hybridized carbons (Fsp3) is 0.750. The molecule has 1 saturated carbocycles. The van der Waals surface area contributed by atoms with Crippen molar-refractivity contribution >= 4 is 5.78 Å². The Morgan fingerprint density at radius 3 is 2.42 bits per heavy atom. The van der Waals surface area contributed by atoms with Crippen molar-refractivity contribution in [3.05, 3.63) is 22.9 Å². The number of aliphatic hydroxyl groups is 2. The second-order valence-electron chi connectivity index (χ2n) is 8.21. The van der Waals surface area contributed by atoms with Crippen molar-refractivity contribution in [1.82, 2.24) is 0 Å². The number of hydrogen-bond donors (Lipinski definition) is 2. The number of fused-ring (bicyclic) bond motifs is 3. The van der Waals surface area contributed by atoms with Crippen LogP contribution in [-0.2, 0) is 19.0 Å². The van der Waals surface area contributed by atoms with Gasteiger partial charge >= 0.3 is 0 Å². The average molecular weight is 366 g/mol. The van der Waals surface area contributed by atoms with Crippen LogP contribution in [0.4, 0.5) is 0 Å². The minimum atomic E-state index is -1.55. The summed E-state index contributed by atoms with van der Waals surface area (Å²) in [5.74, 6) is 0.914. The number of carbonyl (C=O) groups excluding carboxylic acids is 1. The van der Waals surface area contributed by atoms with Gasteiger partial charge in [-0.05, 0) is 53.4 Å². The molecule has 0 aromatic heterocycles. The van der Waals surface area contributed by atoms with Gasteiger partial charge in [0.2, 0.25) is 11.5 Å². The number of carbonyl (C=O) groups is 1. The number of Topliss-reactive ketones (excluding diaryl/α,β-unsaturated/α-hetero) is 1. The molecule has 0 saturated heterocycles. The van der Waals surface area contributed by atoms with Gasteiger partial charge in [-0.1, -0.05) is 0 Å². The van der Waals surface area contributed by atoms with Crippen molar-refractivity contribution < 1.29 is 29.2 Å². The van der Waals surface area contributed by atoms with Crippen LogP contribution in [0.2, 0.25) is 0 Å². The largest absolute Gasteiger partial charge is 0.495 e. The number of ether oxygens (including phenoxy) is 3. The Balaban J connectivity index is 2.16. The van der Waals surface area contributed by atoms with Crippen molar-refractivity contribution in [3.8, 4) is 0 Å². The summed E-state index contributed by atoms with van der Waals surface area (Å²) in [4.78, 5) is 13.3. The maximum absolute atomic E-state index is 13.3. The summed E-state index contributed by atoms with van der Waals surface area (Å²) in [5.41, 5.74) is -1.83. The Hall–Kier alpha value is -1.53. The first-order valence-corrected chi connectivity index (χ1v) is 9.49. The molecule has 2 N–H and O–H groups in total. The lowest BCUT2D eigenvalue weighted by molar-refractivity contribution is -0.133. The predicted molar refractivity (Wildman–Crippen MR) is 94.9 cm³/mol. The predicted octanol–water partition coefficient (Wildman–Crippen LogP) is 2.44. The Bertz CT molecular complexity index is 661. The molecular weight excluding hydrogens is 336 g/mol. The Labute approximate surface area is 154 Å². The molecule has 26 heavy (non-hydrogen) atoms. The number of allylic oxidation sites excluding steroid dienone is 2. The lowest BCUT2D eigenvalue weighted by Gasteiger charge is -2.34. The second-order valence-corrected chi connectivity index (χ2v) is 8.21. The minimum Gasteiger partial charge on any atom is -0.495 e. The van der Waals surface area contributed by atoms with Crippen molar-refractivity contribution in [1.29, 1.82) is 0 Å². The first kappa shape index (κ1) is 19.2. The summed E-state index contributed by atoms with van der Waals surface area (Å²) >= 11 is 0. The summed E-state index contributed by atoms with van der Waals surface area (Å²) in [6.07, 6.45) is 1.65. The van der Waals surface area contributed by atoms with Gasteiger partial charge in [-0.15, -0.1) is 0 Å². The van der Waals surface area contributed by atoms with Crippen LogP contribution in [0.3, 0.4) is 0 Å². The second kappa shape index (κ2) is 6.57. The van der Waals surface area contributed by atoms with Gasteiger partial charge in [0, 0.05) is 12.0 Å². The van der Waals surface area contributed by atoms with E-state index in [0.29, 0.717) is 18.6 Å². The molecule has 0 unspecified atom stereocenters. The molecule has 3 aliphatic rings. The lowest BCUT2D eigenvalue weighted by Crippen LogP contribution is -2.45. The van der Waals surface area contributed by atoms with Gasteiger partial charge < -0.3 is 24.4 Å². The molecule has 6 nitrogen and oxygen atoms in total. The smallest absolute Gasteiger partial charge is 0.210 e. The molecule has 6 heteroatoms. The first-order valence-electron chi connectivity index (χ1n) is 9.49. The van der Waals surface area contributed by atoms with Crippen LogP contribution in [-0.4, -0.2) is 47.0 Å². The molecule has 0 aromatic rings. The highest BCUT2D eigenvalue weighted by Gasteiger charge is 2.72. The summed E-state index contributed by atoms with van der Waals surface area (Å²) < 4.78 is 17.5. The van der Waals surface area contributed by atoms with E-state index in [2.05, 4.69) is 0 Å². The molecule has 3 rings (SSSR count). The zero-order valence-electron chi connectivity index (χ0n) is 16.3. The highest BCUT2D eigenvalue weighted by Crippen LogP contribution is 2.65. The van der Waals surface area contributed by atoms with Gasteiger partial charge in [0.25, 0.3) is 0 Å². The summed E-state index contributed by atoms with van der Waals surface area (Å²) in [5, 5.41) is 21.0. The molecule has 0 spiro atoms. The normalized spacial score (nSPS) is 33.4. The SMILES string of the molecule is CC(C)OC1=C(OC(C)C)[C@@]2(O)C3=C(OCCO)CC[C@@H]3C[C@@]2(C)C1=O. The van der Waals surface area contributed by atoms with E-state index in [1.54, 1.807) is 6.92 Å². The van der Waals surface area contributed by atoms with E-state index in [9.17, 15) is 9.90 Å². The Morgan fingerprint density at radius 2 is 1.85 bits per heavy atom. The zero-order chi connectivity index (χ0) is 19.3. The van der Waals surface area contributed by atoms with E-state index in [4.69, 9.17) is 19.3 Å². The van der Waals surface area contributed by atoms with Crippen LogP contribution in [0.1, 0.15) is 53.9 Å². The van der Waals surface area contributed by atoms with E-state index >= 15 is 0 Å². The summed E-state index contributed by atoms with van der Waals surface area (Å²) in [6.45, 7) is 9.30. The summed E-state index contributed by atoms with van der Waals surface area (Å²) in [6, 6.07) is 0. The number of ketones is 1. The Morgan fingerprint density at radius 1 is 1.19 bits per heavy atom. The molecule has 0 aromatic carbocycles. The van der Waals surface area contributed by atoms with Crippen molar-refractivity contribution in [2.45, 2.75) is 71.7 Å². The van der Waals surface area contributed by atoms with Gasteiger partial charge in [-0.2, -0.15) is 0 Å². The van der Waals surface area contributed by atoms with E-state index in [1.807, 2.05) is 27.7 Å². The van der Waals surface area contributed by atoms with Gasteiger partial charge in [-0.3, -0.25) is 4.79 Å². The minimum absolute atomic E-state index is 0.0778. The number of hydrogen-bond acceptors (Lipinski definition) is 6. The molecule has 3 aliphatic carbocycles. The number of aliphatic hydroxyl groups excluding tert-OH is 1. The molecular formula is C20H30O6. The maximum Gasteiger partial charge on any atom is 0.210 e. The maximum atomic E-state index is 13.3. The monoisotopic (exact) mass is 366 g/mol. The van der Waals surface area contributed by atoms with Gasteiger partial charge in [-0.25, -0.2) is 0 Å². The standard InChI is InChI=1S/C20H30O6/c1-11(2)25-16-17(22)19(5)10-13-6-7-14(24-9-8-21)15(13)20(19,23)18(16)26-12(3)4/h11-13,21,23H,6-10H2,1-5H3/t13-,19+,20+/m1/s1. The fourth-order valence-electron chi connectivity index (χ4n) is 4.63. The molecule has 146 valence electrons. The average Bonchev–Trinajstić information content (AvgIpc) is 3.09. The third-order valence-corrected chi connectivity index (χ3v) is 5.59. The third-order valence-electron chi connectivity index (χ3n) is 5.59. The highest BCUT2D eigenvalue weighted by molar-refractivity contribution is 6.04. The van der Waals surface area contributed by atoms with E-state index < -0.39 is 11.0 Å². The fourth-order valence-corrected chi connectivity index (χ4v) is 4.63. The van der Waals surface area contributed by atoms with Gasteiger partial charge in [0.1, 0.15) is 6.61 Å². The van der Waals surface area contributed by atoms with E-state index in [1.165, 1.54) is 0 Å². The van der Waals surface area contributed by atoms with Crippen molar-refractivity contribution in [3.63, 3.8) is 0 Å². The van der Waals surface area contributed by atoms with E-state index in [0.717, 1.165) is 12.0 Å². The van der Waals surface area contributed by atoms with Gasteiger partial charge in [0.05, 0.1) is 30.0 Å². The number of rotatable bonds is 7. The quantitative estimate of drug-likeness (QED) is 0.720. The third kappa shape index (κ3) is 2.57. The van der Waals surface area contributed by atoms with Crippen LogP contribution < -0.4 is 0 Å². The molecule has 0 amide bonds.